The van der Waals surface area contributed by atoms with E-state index in [1.165, 1.54) is 9.80 Å². The number of amides is 1. The number of fused-ring (bicyclic) bond motifs is 1. The Morgan fingerprint density at radius 3 is 2.64 bits per heavy atom. The molecule has 0 spiro atoms. The predicted octanol–water partition coefficient (Wildman–Crippen LogP) is 1.38. The highest BCUT2D eigenvalue weighted by Gasteiger charge is 2.48. The van der Waals surface area contributed by atoms with E-state index in [-0.39, 0.29) is 23.3 Å². The van der Waals surface area contributed by atoms with Crippen molar-refractivity contribution in [2.75, 3.05) is 6.54 Å². The number of benzene rings is 1. The van der Waals surface area contributed by atoms with E-state index in [0.717, 1.165) is 18.4 Å². The van der Waals surface area contributed by atoms with Gasteiger partial charge in [0, 0.05) is 6.54 Å². The van der Waals surface area contributed by atoms with Crippen LogP contribution in [0.15, 0.2) is 42.1 Å². The number of aliphatic hydroxyl groups excluding tert-OH is 2. The number of rotatable bonds is 6. The Morgan fingerprint density at radius 1 is 1.24 bits per heavy atom. The van der Waals surface area contributed by atoms with Crippen molar-refractivity contribution in [3.05, 3.63) is 47.7 Å². The van der Waals surface area contributed by atoms with Gasteiger partial charge in [-0.1, -0.05) is 43.7 Å². The molecule has 2 aliphatic rings. The van der Waals surface area contributed by atoms with Crippen molar-refractivity contribution in [3.63, 3.8) is 0 Å². The highest BCUT2D eigenvalue weighted by atomic mass is 32.1. The lowest BCUT2D eigenvalue weighted by atomic mass is 10.0. The average Bonchev–Trinajstić information content (AvgIpc) is 2.86. The van der Waals surface area contributed by atoms with Gasteiger partial charge in [-0.05, 0) is 30.3 Å². The van der Waals surface area contributed by atoms with Crippen LogP contribution >= 0.6 is 12.2 Å². The SMILES string of the molecule is CCCCN1C(=O)C2=C[C@H](OCc3ccccc3)[C@@H](O)C(O)N2C1=S. The van der Waals surface area contributed by atoms with E-state index in [0.29, 0.717) is 6.54 Å². The van der Waals surface area contributed by atoms with Crippen molar-refractivity contribution in [1.82, 2.24) is 9.80 Å². The van der Waals surface area contributed by atoms with E-state index in [2.05, 4.69) is 0 Å². The van der Waals surface area contributed by atoms with Crippen molar-refractivity contribution in [1.29, 1.82) is 0 Å². The number of nitrogens with zero attached hydrogens (tertiary/aromatic N) is 2. The molecule has 2 aliphatic heterocycles. The molecule has 1 aromatic carbocycles. The molecule has 0 saturated carbocycles. The summed E-state index contributed by atoms with van der Waals surface area (Å²) >= 11 is 5.32. The molecule has 1 unspecified atom stereocenters. The average molecular weight is 362 g/mol. The molecule has 0 aromatic heterocycles. The number of carbonyl (C=O) groups excluding carboxylic acids is 1. The number of hydrogen-bond acceptors (Lipinski definition) is 5. The Balaban J connectivity index is 1.78. The van der Waals surface area contributed by atoms with E-state index < -0.39 is 18.4 Å². The number of hydrogen-bond donors (Lipinski definition) is 2. The zero-order valence-electron chi connectivity index (χ0n) is 14.0. The van der Waals surface area contributed by atoms with Crippen LogP contribution in [-0.2, 0) is 16.1 Å². The molecule has 0 aliphatic carbocycles. The van der Waals surface area contributed by atoms with E-state index in [1.54, 1.807) is 6.08 Å². The molecule has 1 saturated heterocycles. The summed E-state index contributed by atoms with van der Waals surface area (Å²) < 4.78 is 5.73. The summed E-state index contributed by atoms with van der Waals surface area (Å²) in [5.74, 6) is -0.252. The van der Waals surface area contributed by atoms with Gasteiger partial charge in [0.1, 0.15) is 17.9 Å². The van der Waals surface area contributed by atoms with Crippen molar-refractivity contribution in [2.45, 2.75) is 44.8 Å². The third kappa shape index (κ3) is 3.46. The quantitative estimate of drug-likeness (QED) is 0.745. The lowest BCUT2D eigenvalue weighted by molar-refractivity contribution is -0.128. The minimum atomic E-state index is -1.30. The zero-order chi connectivity index (χ0) is 18.0. The molecule has 3 rings (SSSR count). The molecular formula is C18H22N2O4S. The minimum absolute atomic E-state index is 0.234. The Morgan fingerprint density at radius 2 is 1.96 bits per heavy atom. The Hall–Kier alpha value is -1.80. The molecule has 134 valence electrons. The standard InChI is InChI=1S/C18H22N2O4S/c1-2-3-9-19-16(22)13-10-14(15(21)17(23)20(13)18(19)25)24-11-12-7-5-4-6-8-12/h4-8,10,14-15,17,21,23H,2-3,9,11H2,1H3/t14-,15+,17?/m0/s1. The molecule has 1 fully saturated rings. The normalized spacial score (nSPS) is 26.0. The Labute approximate surface area is 152 Å². The Kier molecular flexibility index (Phi) is 5.48. The van der Waals surface area contributed by atoms with Crippen molar-refractivity contribution >= 4 is 23.2 Å². The van der Waals surface area contributed by atoms with Gasteiger partial charge in [0.2, 0.25) is 0 Å². The third-order valence-electron chi connectivity index (χ3n) is 4.41. The first kappa shape index (κ1) is 18.0. The van der Waals surface area contributed by atoms with Crippen LogP contribution < -0.4 is 0 Å². The molecule has 1 aromatic rings. The number of carbonyl (C=O) groups is 1. The van der Waals surface area contributed by atoms with Crippen LogP contribution in [0.5, 0.6) is 0 Å². The summed E-state index contributed by atoms with van der Waals surface area (Å²) in [5.41, 5.74) is 1.22. The Bertz CT molecular complexity index is 679. The van der Waals surface area contributed by atoms with Gasteiger partial charge in [-0.15, -0.1) is 0 Å². The van der Waals surface area contributed by atoms with Crippen molar-refractivity contribution in [3.8, 4) is 0 Å². The third-order valence-corrected chi connectivity index (χ3v) is 4.83. The number of ether oxygens (including phenoxy) is 1. The van der Waals surface area contributed by atoms with Crippen LogP contribution in [0.1, 0.15) is 25.3 Å². The van der Waals surface area contributed by atoms with Gasteiger partial charge in [-0.2, -0.15) is 0 Å². The molecule has 1 amide bonds. The second-order valence-electron chi connectivity index (χ2n) is 6.18. The van der Waals surface area contributed by atoms with E-state index in [9.17, 15) is 15.0 Å². The van der Waals surface area contributed by atoms with Crippen LogP contribution in [0.4, 0.5) is 0 Å². The molecule has 7 heteroatoms. The zero-order valence-corrected chi connectivity index (χ0v) is 14.9. The number of unbranched alkanes of at least 4 members (excludes halogenated alkanes) is 1. The summed E-state index contributed by atoms with van der Waals surface area (Å²) in [6, 6.07) is 9.53. The molecule has 6 nitrogen and oxygen atoms in total. The van der Waals surface area contributed by atoms with Crippen LogP contribution in [0.25, 0.3) is 0 Å². The fourth-order valence-electron chi connectivity index (χ4n) is 2.97. The predicted molar refractivity (Wildman–Crippen MR) is 96.2 cm³/mol. The minimum Gasteiger partial charge on any atom is -0.385 e. The van der Waals surface area contributed by atoms with Gasteiger partial charge < -0.3 is 14.9 Å². The van der Waals surface area contributed by atoms with Gasteiger partial charge in [0.15, 0.2) is 11.3 Å². The maximum absolute atomic E-state index is 12.6. The number of thiocarbonyl (C=S) groups is 1. The fraction of sp³-hybridized carbons (Fsp3) is 0.444. The molecule has 0 bridgehead atoms. The summed E-state index contributed by atoms with van der Waals surface area (Å²) in [4.78, 5) is 15.4. The largest absolute Gasteiger partial charge is 0.385 e. The fourth-order valence-corrected chi connectivity index (χ4v) is 3.35. The van der Waals surface area contributed by atoms with Crippen LogP contribution in [-0.4, -0.2) is 56.0 Å². The molecule has 0 radical (unpaired) electrons. The molecule has 3 atom stereocenters. The molecular weight excluding hydrogens is 340 g/mol. The maximum atomic E-state index is 12.6. The number of aliphatic hydroxyl groups is 2. The van der Waals surface area contributed by atoms with Crippen molar-refractivity contribution < 1.29 is 19.7 Å². The van der Waals surface area contributed by atoms with E-state index in [4.69, 9.17) is 17.0 Å². The smallest absolute Gasteiger partial charge is 0.276 e. The van der Waals surface area contributed by atoms with Crippen LogP contribution in [0.2, 0.25) is 0 Å². The summed E-state index contributed by atoms with van der Waals surface area (Å²) in [6.07, 6.45) is 0.0347. The molecule has 25 heavy (non-hydrogen) atoms. The first-order valence-corrected chi connectivity index (χ1v) is 8.84. The van der Waals surface area contributed by atoms with Gasteiger partial charge >= 0.3 is 0 Å². The van der Waals surface area contributed by atoms with Gasteiger partial charge in [0.05, 0.1) is 6.61 Å². The first-order valence-electron chi connectivity index (χ1n) is 8.43. The topological polar surface area (TPSA) is 73.2 Å². The summed E-state index contributed by atoms with van der Waals surface area (Å²) in [6.45, 7) is 2.81. The van der Waals surface area contributed by atoms with E-state index >= 15 is 0 Å². The van der Waals surface area contributed by atoms with E-state index in [1.807, 2.05) is 37.3 Å². The van der Waals surface area contributed by atoms with Gasteiger partial charge in [-0.3, -0.25) is 14.6 Å². The lowest BCUT2D eigenvalue weighted by Crippen LogP contribution is -2.52. The maximum Gasteiger partial charge on any atom is 0.276 e. The highest BCUT2D eigenvalue weighted by molar-refractivity contribution is 7.80. The summed E-state index contributed by atoms with van der Waals surface area (Å²) in [7, 11) is 0. The lowest BCUT2D eigenvalue weighted by Gasteiger charge is -2.36. The van der Waals surface area contributed by atoms with Gasteiger partial charge in [0.25, 0.3) is 5.91 Å². The monoisotopic (exact) mass is 362 g/mol. The molecule has 2 heterocycles. The highest BCUT2D eigenvalue weighted by Crippen LogP contribution is 2.31. The second kappa shape index (κ2) is 7.61. The van der Waals surface area contributed by atoms with Crippen LogP contribution in [0, 0.1) is 0 Å². The van der Waals surface area contributed by atoms with Crippen LogP contribution in [0.3, 0.4) is 0 Å². The summed E-state index contributed by atoms with van der Waals surface area (Å²) in [5, 5.41) is 21.0. The van der Waals surface area contributed by atoms with Crippen molar-refractivity contribution in [2.24, 2.45) is 0 Å². The first-order chi connectivity index (χ1) is 12.0. The molecule has 2 N–H and O–H groups in total. The van der Waals surface area contributed by atoms with Gasteiger partial charge in [-0.25, -0.2) is 0 Å². The second-order valence-corrected chi connectivity index (χ2v) is 6.55.